The van der Waals surface area contributed by atoms with Gasteiger partial charge in [-0.15, -0.1) is 24.0 Å². The number of methoxy groups -OCH3 is 1. The van der Waals surface area contributed by atoms with Crippen LogP contribution in [0.5, 0.6) is 11.5 Å². The zero-order chi connectivity index (χ0) is 15.8. The summed E-state index contributed by atoms with van der Waals surface area (Å²) in [4.78, 5) is 6.73. The van der Waals surface area contributed by atoms with Gasteiger partial charge in [-0.25, -0.2) is 4.99 Å². The highest BCUT2D eigenvalue weighted by Gasteiger charge is 2.11. The lowest BCUT2D eigenvalue weighted by Crippen LogP contribution is -2.38. The van der Waals surface area contributed by atoms with Gasteiger partial charge in [0, 0.05) is 13.1 Å². The lowest BCUT2D eigenvalue weighted by atomic mass is 10.2. The first kappa shape index (κ1) is 19.9. The third-order valence-corrected chi connectivity index (χ3v) is 3.88. The van der Waals surface area contributed by atoms with Crippen molar-refractivity contribution >= 4 is 29.9 Å². The molecule has 1 aromatic rings. The van der Waals surface area contributed by atoms with Gasteiger partial charge in [-0.3, -0.25) is 0 Å². The van der Waals surface area contributed by atoms with Gasteiger partial charge in [0.05, 0.1) is 20.3 Å². The Kier molecular flexibility index (Phi) is 9.13. The number of nitrogens with zero attached hydrogens (tertiary/aromatic N) is 2. The highest BCUT2D eigenvalue weighted by Crippen LogP contribution is 2.28. The van der Waals surface area contributed by atoms with Crippen molar-refractivity contribution in [3.63, 3.8) is 0 Å². The molecule has 5 nitrogen and oxygen atoms in total. The molecule has 1 fully saturated rings. The van der Waals surface area contributed by atoms with Crippen LogP contribution in [0, 0.1) is 0 Å². The number of ether oxygens (including phenoxy) is 2. The van der Waals surface area contributed by atoms with Crippen LogP contribution in [0.15, 0.2) is 23.2 Å². The molecule has 1 aliphatic heterocycles. The summed E-state index contributed by atoms with van der Waals surface area (Å²) in [5.41, 5.74) is 7.20. The minimum atomic E-state index is 0. The van der Waals surface area contributed by atoms with Crippen LogP contribution in [-0.4, -0.2) is 37.7 Å². The molecule has 0 amide bonds. The van der Waals surface area contributed by atoms with Gasteiger partial charge >= 0.3 is 0 Å². The van der Waals surface area contributed by atoms with Crippen LogP contribution in [0.3, 0.4) is 0 Å². The van der Waals surface area contributed by atoms with Gasteiger partial charge in [-0.1, -0.05) is 18.9 Å². The summed E-state index contributed by atoms with van der Waals surface area (Å²) in [5.74, 6) is 2.15. The summed E-state index contributed by atoms with van der Waals surface area (Å²) in [6.07, 6.45) is 4.99. The smallest absolute Gasteiger partial charge is 0.191 e. The fraction of sp³-hybridized carbons (Fsp3) is 0.588. The summed E-state index contributed by atoms with van der Waals surface area (Å²) < 4.78 is 10.9. The molecule has 0 saturated carbocycles. The number of nitrogens with two attached hydrogens (primary N) is 1. The molecule has 0 radical (unpaired) electrons. The molecule has 6 heteroatoms. The molecular formula is C17H28IN3O2. The molecule has 0 spiro atoms. The van der Waals surface area contributed by atoms with Crippen molar-refractivity contribution in [3.05, 3.63) is 23.8 Å². The Bertz CT molecular complexity index is 501. The summed E-state index contributed by atoms with van der Waals surface area (Å²) in [7, 11) is 1.65. The van der Waals surface area contributed by atoms with Gasteiger partial charge < -0.3 is 20.1 Å². The lowest BCUT2D eigenvalue weighted by molar-refractivity contribution is 0.310. The van der Waals surface area contributed by atoms with Crippen LogP contribution in [0.2, 0.25) is 0 Å². The van der Waals surface area contributed by atoms with E-state index in [0.29, 0.717) is 19.1 Å². The molecule has 23 heavy (non-hydrogen) atoms. The van der Waals surface area contributed by atoms with Crippen molar-refractivity contribution < 1.29 is 9.47 Å². The molecule has 0 atom stereocenters. The average Bonchev–Trinajstić information content (AvgIpc) is 2.83. The molecule has 1 saturated heterocycles. The predicted octanol–water partition coefficient (Wildman–Crippen LogP) is 3.40. The highest BCUT2D eigenvalue weighted by molar-refractivity contribution is 14.0. The Morgan fingerprint density at radius 2 is 1.87 bits per heavy atom. The average molecular weight is 433 g/mol. The molecule has 0 aliphatic carbocycles. The first-order valence-corrected chi connectivity index (χ1v) is 8.09. The van der Waals surface area contributed by atoms with E-state index in [1.807, 2.05) is 25.1 Å². The van der Waals surface area contributed by atoms with Gasteiger partial charge in [-0.2, -0.15) is 0 Å². The monoisotopic (exact) mass is 433 g/mol. The van der Waals surface area contributed by atoms with Gasteiger partial charge in [0.1, 0.15) is 0 Å². The number of likely N-dealkylation sites (tertiary alicyclic amines) is 1. The molecule has 1 aliphatic rings. The van der Waals surface area contributed by atoms with Crippen LogP contribution in [0.1, 0.15) is 38.2 Å². The number of hydrogen-bond acceptors (Lipinski definition) is 3. The van der Waals surface area contributed by atoms with E-state index in [9.17, 15) is 0 Å². The number of halogens is 1. The van der Waals surface area contributed by atoms with Crippen molar-refractivity contribution in [2.75, 3.05) is 26.8 Å². The molecule has 1 aromatic carbocycles. The normalized spacial score (nSPS) is 15.6. The van der Waals surface area contributed by atoms with E-state index in [-0.39, 0.29) is 24.0 Å². The quantitative estimate of drug-likeness (QED) is 0.439. The minimum Gasteiger partial charge on any atom is -0.493 e. The number of guanidine groups is 1. The second kappa shape index (κ2) is 10.6. The van der Waals surface area contributed by atoms with E-state index in [2.05, 4.69) is 9.89 Å². The second-order valence-corrected chi connectivity index (χ2v) is 5.49. The molecule has 0 aromatic heterocycles. The zero-order valence-corrected chi connectivity index (χ0v) is 16.4. The van der Waals surface area contributed by atoms with E-state index in [1.165, 1.54) is 25.7 Å². The Hall–Kier alpha value is -1.18. The van der Waals surface area contributed by atoms with Gasteiger partial charge in [0.2, 0.25) is 0 Å². The Labute approximate surface area is 156 Å². The van der Waals surface area contributed by atoms with Crippen LogP contribution in [-0.2, 0) is 6.54 Å². The largest absolute Gasteiger partial charge is 0.493 e. The number of aliphatic imine (C=N–C) groups is 1. The fourth-order valence-electron chi connectivity index (χ4n) is 2.66. The SMILES string of the molecule is CCOc1ccc(CN=C(N)N2CCCCCC2)cc1OC.I. The summed E-state index contributed by atoms with van der Waals surface area (Å²) >= 11 is 0. The van der Waals surface area contributed by atoms with E-state index >= 15 is 0 Å². The number of rotatable bonds is 5. The molecule has 1 heterocycles. The van der Waals surface area contributed by atoms with Crippen molar-refractivity contribution in [1.29, 1.82) is 0 Å². The Morgan fingerprint density at radius 1 is 1.17 bits per heavy atom. The molecular weight excluding hydrogens is 405 g/mol. The van der Waals surface area contributed by atoms with E-state index in [1.54, 1.807) is 7.11 Å². The summed E-state index contributed by atoms with van der Waals surface area (Å²) in [6, 6.07) is 5.90. The van der Waals surface area contributed by atoms with Crippen molar-refractivity contribution in [3.8, 4) is 11.5 Å². The molecule has 2 N–H and O–H groups in total. The number of benzene rings is 1. The van der Waals surface area contributed by atoms with Gasteiger partial charge in [0.25, 0.3) is 0 Å². The van der Waals surface area contributed by atoms with Crippen LogP contribution < -0.4 is 15.2 Å². The first-order chi connectivity index (χ1) is 10.7. The third-order valence-electron chi connectivity index (χ3n) is 3.88. The van der Waals surface area contributed by atoms with Crippen molar-refractivity contribution in [2.24, 2.45) is 10.7 Å². The zero-order valence-electron chi connectivity index (χ0n) is 14.1. The highest BCUT2D eigenvalue weighted by atomic mass is 127. The molecule has 130 valence electrons. The predicted molar refractivity (Wildman–Crippen MR) is 105 cm³/mol. The van der Waals surface area contributed by atoms with Gasteiger partial charge in [0.15, 0.2) is 17.5 Å². The first-order valence-electron chi connectivity index (χ1n) is 8.09. The van der Waals surface area contributed by atoms with Crippen molar-refractivity contribution in [1.82, 2.24) is 4.90 Å². The topological polar surface area (TPSA) is 60.1 Å². The minimum absolute atomic E-state index is 0. The maximum atomic E-state index is 6.13. The van der Waals surface area contributed by atoms with Crippen LogP contribution in [0.4, 0.5) is 0 Å². The maximum Gasteiger partial charge on any atom is 0.191 e. The Balaban J connectivity index is 0.00000264. The number of hydrogen-bond donors (Lipinski definition) is 1. The Morgan fingerprint density at radius 3 is 2.48 bits per heavy atom. The van der Waals surface area contributed by atoms with Crippen LogP contribution in [0.25, 0.3) is 0 Å². The molecule has 2 rings (SSSR count). The van der Waals surface area contributed by atoms with Gasteiger partial charge in [-0.05, 0) is 37.5 Å². The third kappa shape index (κ3) is 6.08. The summed E-state index contributed by atoms with van der Waals surface area (Å²) in [6.45, 7) is 5.17. The van der Waals surface area contributed by atoms with E-state index in [0.717, 1.165) is 30.2 Å². The summed E-state index contributed by atoms with van der Waals surface area (Å²) in [5, 5.41) is 0. The molecule has 0 bridgehead atoms. The molecule has 0 unspecified atom stereocenters. The lowest BCUT2D eigenvalue weighted by Gasteiger charge is -2.21. The van der Waals surface area contributed by atoms with E-state index < -0.39 is 0 Å². The van der Waals surface area contributed by atoms with Crippen molar-refractivity contribution in [2.45, 2.75) is 39.2 Å². The van der Waals surface area contributed by atoms with Crippen LogP contribution >= 0.6 is 24.0 Å². The second-order valence-electron chi connectivity index (χ2n) is 5.49. The standard InChI is InChI=1S/C17H27N3O2.HI/c1-3-22-15-9-8-14(12-16(15)21-2)13-19-17(18)20-10-6-4-5-7-11-20;/h8-9,12H,3-7,10-11,13H2,1-2H3,(H2,18,19);1H. The van der Waals surface area contributed by atoms with E-state index in [4.69, 9.17) is 15.2 Å². The fourth-order valence-corrected chi connectivity index (χ4v) is 2.66. The maximum absolute atomic E-state index is 6.13.